The summed E-state index contributed by atoms with van der Waals surface area (Å²) in [6, 6.07) is 5.53. The van der Waals surface area contributed by atoms with Gasteiger partial charge in [0.1, 0.15) is 11.6 Å². The topological polar surface area (TPSA) is 81.2 Å². The number of rotatable bonds is 6. The van der Waals surface area contributed by atoms with Crippen LogP contribution in [-0.2, 0) is 16.6 Å². The standard InChI is InChI=1S/C18H22FN3O3S/c1-12-8-15(25-2)7-6-13(12)9-22-26(23,24)17-5-3-4-16(17)18-20-10-14(19)11-21-18/h6-8,10-11,16-17,22H,3-5,9H2,1-2H3/t16-,17+/m1/s1. The molecule has 0 unspecified atom stereocenters. The lowest BCUT2D eigenvalue weighted by Crippen LogP contribution is -2.36. The van der Waals surface area contributed by atoms with Crippen LogP contribution in [0.5, 0.6) is 5.75 Å². The number of hydrogen-bond donors (Lipinski definition) is 1. The third-order valence-electron chi connectivity index (χ3n) is 4.84. The molecule has 1 aromatic heterocycles. The molecule has 26 heavy (non-hydrogen) atoms. The lowest BCUT2D eigenvalue weighted by molar-refractivity contribution is 0.414. The van der Waals surface area contributed by atoms with Crippen molar-refractivity contribution in [1.82, 2.24) is 14.7 Å². The van der Waals surface area contributed by atoms with Crippen molar-refractivity contribution >= 4 is 10.0 Å². The van der Waals surface area contributed by atoms with Crippen molar-refractivity contribution in [2.24, 2.45) is 0 Å². The van der Waals surface area contributed by atoms with Crippen LogP contribution >= 0.6 is 0 Å². The van der Waals surface area contributed by atoms with Crippen LogP contribution in [0.25, 0.3) is 0 Å². The zero-order chi connectivity index (χ0) is 18.7. The van der Waals surface area contributed by atoms with Gasteiger partial charge in [-0.2, -0.15) is 0 Å². The summed E-state index contributed by atoms with van der Waals surface area (Å²) < 4.78 is 46.6. The van der Waals surface area contributed by atoms with Gasteiger partial charge in [-0.25, -0.2) is 27.5 Å². The van der Waals surface area contributed by atoms with E-state index in [9.17, 15) is 12.8 Å². The van der Waals surface area contributed by atoms with Gasteiger partial charge in [0.05, 0.1) is 24.8 Å². The quantitative estimate of drug-likeness (QED) is 0.835. The van der Waals surface area contributed by atoms with Gasteiger partial charge in [0.2, 0.25) is 10.0 Å². The summed E-state index contributed by atoms with van der Waals surface area (Å²) >= 11 is 0. The Morgan fingerprint density at radius 3 is 2.65 bits per heavy atom. The van der Waals surface area contributed by atoms with Gasteiger partial charge in [-0.05, 0) is 43.0 Å². The molecule has 0 saturated heterocycles. The Balaban J connectivity index is 1.73. The van der Waals surface area contributed by atoms with E-state index >= 15 is 0 Å². The first-order valence-corrected chi connectivity index (χ1v) is 10.0. The number of ether oxygens (including phenoxy) is 1. The highest BCUT2D eigenvalue weighted by Gasteiger charge is 2.39. The largest absolute Gasteiger partial charge is 0.497 e. The fraction of sp³-hybridized carbons (Fsp3) is 0.444. The summed E-state index contributed by atoms with van der Waals surface area (Å²) in [5.74, 6) is 0.280. The monoisotopic (exact) mass is 379 g/mol. The number of aryl methyl sites for hydroxylation is 1. The van der Waals surface area contributed by atoms with Gasteiger partial charge in [0.25, 0.3) is 0 Å². The van der Waals surface area contributed by atoms with Crippen molar-refractivity contribution in [3.63, 3.8) is 0 Å². The van der Waals surface area contributed by atoms with E-state index in [1.54, 1.807) is 13.2 Å². The first-order valence-electron chi connectivity index (χ1n) is 8.50. The van der Waals surface area contributed by atoms with Crippen LogP contribution in [0.3, 0.4) is 0 Å². The van der Waals surface area contributed by atoms with E-state index in [2.05, 4.69) is 14.7 Å². The van der Waals surface area contributed by atoms with Crippen molar-refractivity contribution in [1.29, 1.82) is 0 Å². The predicted octanol–water partition coefficient (Wildman–Crippen LogP) is 2.69. The van der Waals surface area contributed by atoms with Gasteiger partial charge < -0.3 is 4.74 Å². The fourth-order valence-electron chi connectivity index (χ4n) is 3.39. The van der Waals surface area contributed by atoms with E-state index in [1.807, 2.05) is 19.1 Å². The summed E-state index contributed by atoms with van der Waals surface area (Å²) in [4.78, 5) is 7.97. The van der Waals surface area contributed by atoms with Gasteiger partial charge >= 0.3 is 0 Å². The fourth-order valence-corrected chi connectivity index (χ4v) is 5.12. The van der Waals surface area contributed by atoms with E-state index in [4.69, 9.17) is 4.74 Å². The van der Waals surface area contributed by atoms with Crippen LogP contribution in [0.15, 0.2) is 30.6 Å². The molecule has 1 heterocycles. The average Bonchev–Trinajstić information content (AvgIpc) is 3.12. The maximum Gasteiger partial charge on any atom is 0.215 e. The summed E-state index contributed by atoms with van der Waals surface area (Å²) in [7, 11) is -1.96. The molecular weight excluding hydrogens is 357 g/mol. The minimum atomic E-state index is -3.55. The van der Waals surface area contributed by atoms with Gasteiger partial charge in [-0.15, -0.1) is 0 Å². The van der Waals surface area contributed by atoms with Crippen LogP contribution in [0, 0.1) is 12.7 Å². The number of hydrogen-bond acceptors (Lipinski definition) is 5. The second-order valence-corrected chi connectivity index (χ2v) is 8.48. The van der Waals surface area contributed by atoms with E-state index in [0.717, 1.165) is 35.7 Å². The molecule has 1 aliphatic carbocycles. The van der Waals surface area contributed by atoms with E-state index in [-0.39, 0.29) is 12.5 Å². The maximum atomic E-state index is 13.0. The second kappa shape index (κ2) is 7.67. The Morgan fingerprint density at radius 1 is 1.27 bits per heavy atom. The van der Waals surface area contributed by atoms with Gasteiger partial charge in [-0.3, -0.25) is 0 Å². The maximum absolute atomic E-state index is 13.0. The molecule has 140 valence electrons. The molecule has 1 aliphatic rings. The molecule has 2 atom stereocenters. The summed E-state index contributed by atoms with van der Waals surface area (Å²) in [6.07, 6.45) is 4.16. The zero-order valence-corrected chi connectivity index (χ0v) is 15.6. The molecule has 0 spiro atoms. The van der Waals surface area contributed by atoms with Crippen LogP contribution in [0.2, 0.25) is 0 Å². The van der Waals surface area contributed by atoms with Gasteiger partial charge in [-0.1, -0.05) is 12.5 Å². The minimum Gasteiger partial charge on any atom is -0.497 e. The summed E-state index contributed by atoms with van der Waals surface area (Å²) in [5, 5.41) is -0.605. The molecule has 0 radical (unpaired) electrons. The van der Waals surface area contributed by atoms with Crippen LogP contribution in [-0.4, -0.2) is 30.7 Å². The van der Waals surface area contributed by atoms with Crippen molar-refractivity contribution in [2.75, 3.05) is 7.11 Å². The second-order valence-electron chi connectivity index (χ2n) is 6.49. The summed E-state index contributed by atoms with van der Waals surface area (Å²) in [5.41, 5.74) is 1.85. The van der Waals surface area contributed by atoms with Gasteiger partial charge in [0, 0.05) is 12.5 Å². The third-order valence-corrected chi connectivity index (χ3v) is 6.74. The number of benzene rings is 1. The average molecular weight is 379 g/mol. The molecule has 0 aliphatic heterocycles. The van der Waals surface area contributed by atoms with Crippen LogP contribution in [0.4, 0.5) is 4.39 Å². The van der Waals surface area contributed by atoms with Crippen molar-refractivity contribution in [3.8, 4) is 5.75 Å². The number of nitrogens with one attached hydrogen (secondary N) is 1. The molecule has 2 aromatic rings. The Kier molecular flexibility index (Phi) is 5.52. The van der Waals surface area contributed by atoms with E-state index < -0.39 is 21.1 Å². The third kappa shape index (κ3) is 4.02. The molecule has 0 amide bonds. The highest BCUT2D eigenvalue weighted by molar-refractivity contribution is 7.90. The van der Waals surface area contributed by atoms with Crippen molar-refractivity contribution in [3.05, 3.63) is 53.4 Å². The predicted molar refractivity (Wildman–Crippen MR) is 95.9 cm³/mol. The number of aromatic nitrogens is 2. The Bertz CT molecular complexity index is 872. The SMILES string of the molecule is COc1ccc(CNS(=O)(=O)[C@H]2CCC[C@H]2c2ncc(F)cn2)c(C)c1. The molecule has 1 N–H and O–H groups in total. The zero-order valence-electron chi connectivity index (χ0n) is 14.8. The number of halogens is 1. The normalized spacial score (nSPS) is 20.3. The Labute approximate surface area is 152 Å². The van der Waals surface area contributed by atoms with Crippen molar-refractivity contribution < 1.29 is 17.5 Å². The molecule has 3 rings (SSSR count). The van der Waals surface area contributed by atoms with E-state index in [1.165, 1.54) is 0 Å². The number of sulfonamides is 1. The molecule has 0 bridgehead atoms. The Morgan fingerprint density at radius 2 is 2.00 bits per heavy atom. The van der Waals surface area contributed by atoms with Crippen molar-refractivity contribution in [2.45, 2.75) is 43.9 Å². The van der Waals surface area contributed by atoms with Gasteiger partial charge in [0.15, 0.2) is 5.82 Å². The Hall–Kier alpha value is -2.06. The highest BCUT2D eigenvalue weighted by Crippen LogP contribution is 2.37. The number of nitrogens with zero attached hydrogens (tertiary/aromatic N) is 2. The first-order chi connectivity index (χ1) is 12.4. The molecule has 1 fully saturated rings. The lowest BCUT2D eigenvalue weighted by Gasteiger charge is -2.19. The van der Waals surface area contributed by atoms with E-state index in [0.29, 0.717) is 18.7 Å². The molecule has 1 aromatic carbocycles. The molecule has 6 nitrogen and oxygen atoms in total. The smallest absolute Gasteiger partial charge is 0.215 e. The molecular formula is C18H22FN3O3S. The molecule has 1 saturated carbocycles. The lowest BCUT2D eigenvalue weighted by atomic mass is 10.1. The summed E-state index contributed by atoms with van der Waals surface area (Å²) in [6.45, 7) is 2.13. The highest BCUT2D eigenvalue weighted by atomic mass is 32.2. The molecule has 8 heteroatoms. The van der Waals surface area contributed by atoms with Crippen LogP contribution < -0.4 is 9.46 Å². The first kappa shape index (κ1) is 18.7. The van der Waals surface area contributed by atoms with Crippen LogP contribution in [0.1, 0.15) is 42.1 Å². The number of methoxy groups -OCH3 is 1. The minimum absolute atomic E-state index is 0.214.